The third kappa shape index (κ3) is 3.95. The lowest BCUT2D eigenvalue weighted by atomic mass is 10.1. The number of hydrogen-bond donors (Lipinski definition) is 1. The molecule has 1 N–H and O–H groups in total. The molecule has 0 aliphatic rings. The van der Waals surface area contributed by atoms with Gasteiger partial charge in [-0.3, -0.25) is 0 Å². The summed E-state index contributed by atoms with van der Waals surface area (Å²) in [4.78, 5) is 0.181. The molecule has 0 saturated heterocycles. The topological polar surface area (TPSA) is 46.2 Å². The van der Waals surface area contributed by atoms with Gasteiger partial charge in [0.25, 0.3) is 0 Å². The van der Waals surface area contributed by atoms with Gasteiger partial charge in [-0.15, -0.1) is 0 Å². The maximum atomic E-state index is 13.2. The number of anilines is 1. The van der Waals surface area contributed by atoms with Crippen LogP contribution < -0.4 is 5.32 Å². The lowest BCUT2D eigenvalue weighted by Gasteiger charge is -2.17. The highest BCUT2D eigenvalue weighted by molar-refractivity contribution is 7.90. The summed E-state index contributed by atoms with van der Waals surface area (Å²) in [6.07, 6.45) is 1.13. The van der Waals surface area contributed by atoms with Crippen LogP contribution in [0.2, 0.25) is 5.02 Å². The Hall–Kier alpha value is -1.59. The highest BCUT2D eigenvalue weighted by atomic mass is 35.5. The van der Waals surface area contributed by atoms with Crippen molar-refractivity contribution in [2.45, 2.75) is 17.9 Å². The van der Waals surface area contributed by atoms with Crippen LogP contribution >= 0.6 is 11.6 Å². The Morgan fingerprint density at radius 2 is 1.90 bits per heavy atom. The van der Waals surface area contributed by atoms with E-state index in [0.717, 1.165) is 11.8 Å². The molecule has 0 fully saturated rings. The lowest BCUT2D eigenvalue weighted by molar-refractivity contribution is 0.602. The van der Waals surface area contributed by atoms with Crippen molar-refractivity contribution in [1.82, 2.24) is 0 Å². The van der Waals surface area contributed by atoms with Crippen molar-refractivity contribution in [3.05, 3.63) is 58.9 Å². The van der Waals surface area contributed by atoms with Gasteiger partial charge >= 0.3 is 0 Å². The number of sulfone groups is 1. The summed E-state index contributed by atoms with van der Waals surface area (Å²) in [5, 5.41) is 3.51. The van der Waals surface area contributed by atoms with Gasteiger partial charge in [0.05, 0.1) is 15.6 Å². The summed E-state index contributed by atoms with van der Waals surface area (Å²) < 4.78 is 36.4. The fourth-order valence-corrected chi connectivity index (χ4v) is 2.76. The molecule has 2 aromatic rings. The maximum absolute atomic E-state index is 13.2. The van der Waals surface area contributed by atoms with Crippen LogP contribution in [-0.2, 0) is 9.84 Å². The smallest absolute Gasteiger partial charge is 0.175 e. The second-order valence-corrected chi connectivity index (χ2v) is 7.26. The predicted molar refractivity (Wildman–Crippen MR) is 83.0 cm³/mol. The van der Waals surface area contributed by atoms with E-state index in [1.165, 1.54) is 30.3 Å². The average Bonchev–Trinajstić information content (AvgIpc) is 2.40. The molecule has 2 aromatic carbocycles. The van der Waals surface area contributed by atoms with Crippen LogP contribution in [0.5, 0.6) is 0 Å². The first-order chi connectivity index (χ1) is 9.77. The van der Waals surface area contributed by atoms with Crippen molar-refractivity contribution in [3.8, 4) is 0 Å². The molecular formula is C15H15ClFNO2S. The largest absolute Gasteiger partial charge is 0.377 e. The number of nitrogens with one attached hydrogen (secondary N) is 1. The van der Waals surface area contributed by atoms with E-state index in [0.29, 0.717) is 10.7 Å². The van der Waals surface area contributed by atoms with E-state index in [4.69, 9.17) is 11.6 Å². The number of halogens is 2. The molecule has 0 aliphatic carbocycles. The molecule has 0 amide bonds. The predicted octanol–water partition coefficient (Wildman–Crippen LogP) is 4.06. The normalized spacial score (nSPS) is 13.0. The van der Waals surface area contributed by atoms with E-state index in [1.807, 2.05) is 6.92 Å². The SMILES string of the molecule is CC(Nc1cc(S(C)(=O)=O)ccc1Cl)c1cccc(F)c1. The van der Waals surface area contributed by atoms with Gasteiger partial charge in [-0.1, -0.05) is 23.7 Å². The first-order valence-electron chi connectivity index (χ1n) is 6.29. The van der Waals surface area contributed by atoms with Gasteiger partial charge in [0, 0.05) is 12.3 Å². The number of hydrogen-bond acceptors (Lipinski definition) is 3. The van der Waals surface area contributed by atoms with Crippen LogP contribution in [0.3, 0.4) is 0 Å². The third-order valence-electron chi connectivity index (χ3n) is 3.09. The Bertz CT molecular complexity index is 762. The van der Waals surface area contributed by atoms with E-state index < -0.39 is 9.84 Å². The molecule has 0 radical (unpaired) electrons. The monoisotopic (exact) mass is 327 g/mol. The minimum absolute atomic E-state index is 0.181. The van der Waals surface area contributed by atoms with E-state index in [1.54, 1.807) is 12.1 Å². The molecule has 0 heterocycles. The summed E-state index contributed by atoms with van der Waals surface area (Å²) in [7, 11) is -3.31. The van der Waals surface area contributed by atoms with Crippen molar-refractivity contribution in [1.29, 1.82) is 0 Å². The molecule has 3 nitrogen and oxygen atoms in total. The summed E-state index contributed by atoms with van der Waals surface area (Å²) >= 11 is 6.08. The zero-order valence-corrected chi connectivity index (χ0v) is 13.2. The molecule has 21 heavy (non-hydrogen) atoms. The van der Waals surface area contributed by atoms with Gasteiger partial charge in [-0.25, -0.2) is 12.8 Å². The minimum atomic E-state index is -3.31. The fraction of sp³-hybridized carbons (Fsp3) is 0.200. The Labute approximate surface area is 128 Å². The number of rotatable bonds is 4. The van der Waals surface area contributed by atoms with Gasteiger partial charge in [0.2, 0.25) is 0 Å². The second kappa shape index (κ2) is 6.03. The highest BCUT2D eigenvalue weighted by Crippen LogP contribution is 2.29. The lowest BCUT2D eigenvalue weighted by Crippen LogP contribution is -2.08. The standard InChI is InChI=1S/C15H15ClFNO2S/c1-10(11-4-3-5-12(17)8-11)18-15-9-13(21(2,19)20)6-7-14(15)16/h3-10,18H,1-2H3. The van der Waals surface area contributed by atoms with E-state index in [9.17, 15) is 12.8 Å². The molecule has 1 unspecified atom stereocenters. The van der Waals surface area contributed by atoms with Crippen LogP contribution in [0.4, 0.5) is 10.1 Å². The van der Waals surface area contributed by atoms with Crippen LogP contribution in [-0.4, -0.2) is 14.7 Å². The van der Waals surface area contributed by atoms with Crippen molar-refractivity contribution in [3.63, 3.8) is 0 Å². The van der Waals surface area contributed by atoms with Crippen LogP contribution in [0.1, 0.15) is 18.5 Å². The minimum Gasteiger partial charge on any atom is -0.377 e. The maximum Gasteiger partial charge on any atom is 0.175 e. The summed E-state index contributed by atoms with van der Waals surface area (Å²) in [5.74, 6) is -0.322. The molecule has 112 valence electrons. The molecule has 6 heteroatoms. The van der Waals surface area contributed by atoms with Gasteiger partial charge in [-0.2, -0.15) is 0 Å². The van der Waals surface area contributed by atoms with Crippen molar-refractivity contribution in [2.75, 3.05) is 11.6 Å². The molecule has 1 atom stereocenters. The fourth-order valence-electron chi connectivity index (χ4n) is 1.94. The van der Waals surface area contributed by atoms with E-state index in [-0.39, 0.29) is 16.8 Å². The molecule has 0 aliphatic heterocycles. The second-order valence-electron chi connectivity index (χ2n) is 4.83. The van der Waals surface area contributed by atoms with Crippen LogP contribution in [0.25, 0.3) is 0 Å². The molecular weight excluding hydrogens is 313 g/mol. The Balaban J connectivity index is 2.31. The average molecular weight is 328 g/mol. The van der Waals surface area contributed by atoms with Crippen LogP contribution in [0.15, 0.2) is 47.4 Å². The summed E-state index contributed by atoms with van der Waals surface area (Å²) in [5.41, 5.74) is 1.24. The first-order valence-corrected chi connectivity index (χ1v) is 8.56. The molecule has 0 spiro atoms. The van der Waals surface area contributed by atoms with Gasteiger partial charge in [-0.05, 0) is 42.8 Å². The van der Waals surface area contributed by atoms with E-state index >= 15 is 0 Å². The third-order valence-corrected chi connectivity index (χ3v) is 4.53. The highest BCUT2D eigenvalue weighted by Gasteiger charge is 2.13. The van der Waals surface area contributed by atoms with Gasteiger partial charge in [0.1, 0.15) is 5.82 Å². The zero-order valence-electron chi connectivity index (χ0n) is 11.6. The van der Waals surface area contributed by atoms with Crippen LogP contribution in [0, 0.1) is 5.82 Å². The van der Waals surface area contributed by atoms with Crippen molar-refractivity contribution >= 4 is 27.1 Å². The molecule has 0 aromatic heterocycles. The van der Waals surface area contributed by atoms with Crippen molar-refractivity contribution in [2.24, 2.45) is 0 Å². The quantitative estimate of drug-likeness (QED) is 0.921. The number of benzene rings is 2. The van der Waals surface area contributed by atoms with Gasteiger partial charge in [0.15, 0.2) is 9.84 Å². The Kier molecular flexibility index (Phi) is 4.54. The first kappa shape index (κ1) is 15.8. The molecule has 0 saturated carbocycles. The summed E-state index contributed by atoms with van der Waals surface area (Å²) in [6, 6.07) is 10.4. The molecule has 0 bridgehead atoms. The zero-order chi connectivity index (χ0) is 15.6. The van der Waals surface area contributed by atoms with Gasteiger partial charge < -0.3 is 5.32 Å². The summed E-state index contributed by atoms with van der Waals surface area (Å²) in [6.45, 7) is 1.85. The molecule has 2 rings (SSSR count). The van der Waals surface area contributed by atoms with E-state index in [2.05, 4.69) is 5.32 Å². The Morgan fingerprint density at radius 1 is 1.19 bits per heavy atom. The Morgan fingerprint density at radius 3 is 2.52 bits per heavy atom. The van der Waals surface area contributed by atoms with Crippen molar-refractivity contribution < 1.29 is 12.8 Å².